The molecule has 2 fully saturated rings. The summed E-state index contributed by atoms with van der Waals surface area (Å²) in [6.07, 6.45) is 0. The monoisotopic (exact) mass is 210 g/mol. The lowest BCUT2D eigenvalue weighted by Gasteiger charge is -2.39. The van der Waals surface area contributed by atoms with E-state index in [9.17, 15) is 0 Å². The summed E-state index contributed by atoms with van der Waals surface area (Å²) in [6, 6.07) is 0. The van der Waals surface area contributed by atoms with E-state index >= 15 is 0 Å². The summed E-state index contributed by atoms with van der Waals surface area (Å²) < 4.78 is 0. The smallest absolute Gasteiger partial charge is 0.0197 e. The molecule has 2 nitrogen and oxygen atoms in total. The molecule has 2 aliphatic heterocycles. The van der Waals surface area contributed by atoms with Crippen molar-refractivity contribution in [1.29, 1.82) is 0 Å². The van der Waals surface area contributed by atoms with E-state index in [1.54, 1.807) is 0 Å². The summed E-state index contributed by atoms with van der Waals surface area (Å²) in [7, 11) is 0. The molecule has 2 atom stereocenters. The maximum Gasteiger partial charge on any atom is 0.0197 e. The van der Waals surface area contributed by atoms with Gasteiger partial charge in [-0.05, 0) is 37.6 Å². The minimum Gasteiger partial charge on any atom is -0.316 e. The molecule has 2 rings (SSSR count). The van der Waals surface area contributed by atoms with Crippen molar-refractivity contribution in [3.05, 3.63) is 0 Å². The molecular formula is C13H26N2. The van der Waals surface area contributed by atoms with E-state index in [1.165, 1.54) is 26.2 Å². The van der Waals surface area contributed by atoms with E-state index in [0.717, 1.165) is 11.8 Å². The summed E-state index contributed by atoms with van der Waals surface area (Å²) in [5.41, 5.74) is 0.810. The molecule has 0 aromatic carbocycles. The fraction of sp³-hybridized carbons (Fsp3) is 1.00. The quantitative estimate of drug-likeness (QED) is 0.712. The van der Waals surface area contributed by atoms with E-state index < -0.39 is 0 Å². The van der Waals surface area contributed by atoms with Crippen LogP contribution < -0.4 is 5.32 Å². The first-order valence-corrected chi connectivity index (χ1v) is 6.26. The molecule has 2 aliphatic rings. The van der Waals surface area contributed by atoms with Crippen molar-refractivity contribution in [2.24, 2.45) is 17.3 Å². The van der Waals surface area contributed by atoms with Crippen LogP contribution in [0.3, 0.4) is 0 Å². The molecule has 0 radical (unpaired) electrons. The van der Waals surface area contributed by atoms with Crippen LogP contribution >= 0.6 is 0 Å². The Labute approximate surface area is 94.4 Å². The SMILES string of the molecule is CC(C)(C)CN1CC2CNCC2C1(C)C. The van der Waals surface area contributed by atoms with Crippen molar-refractivity contribution in [2.75, 3.05) is 26.2 Å². The van der Waals surface area contributed by atoms with Gasteiger partial charge in [-0.25, -0.2) is 0 Å². The molecule has 0 bridgehead atoms. The van der Waals surface area contributed by atoms with Gasteiger partial charge in [-0.1, -0.05) is 20.8 Å². The van der Waals surface area contributed by atoms with E-state index in [2.05, 4.69) is 44.8 Å². The molecule has 0 amide bonds. The number of rotatable bonds is 1. The van der Waals surface area contributed by atoms with Gasteiger partial charge in [0.2, 0.25) is 0 Å². The zero-order valence-electron chi connectivity index (χ0n) is 10.9. The van der Waals surface area contributed by atoms with Gasteiger partial charge >= 0.3 is 0 Å². The highest BCUT2D eigenvalue weighted by molar-refractivity contribution is 5.04. The van der Waals surface area contributed by atoms with Crippen LogP contribution in [-0.4, -0.2) is 36.6 Å². The van der Waals surface area contributed by atoms with E-state index in [1.807, 2.05) is 0 Å². The summed E-state index contributed by atoms with van der Waals surface area (Å²) >= 11 is 0. The molecule has 0 aliphatic carbocycles. The number of nitrogens with zero attached hydrogens (tertiary/aromatic N) is 1. The van der Waals surface area contributed by atoms with Gasteiger partial charge in [0.25, 0.3) is 0 Å². The van der Waals surface area contributed by atoms with E-state index in [0.29, 0.717) is 11.0 Å². The van der Waals surface area contributed by atoms with Crippen molar-refractivity contribution in [2.45, 2.75) is 40.2 Å². The normalized spacial score (nSPS) is 35.8. The summed E-state index contributed by atoms with van der Waals surface area (Å²) in [4.78, 5) is 2.71. The third-order valence-corrected chi connectivity index (χ3v) is 4.18. The van der Waals surface area contributed by atoms with Gasteiger partial charge in [-0.15, -0.1) is 0 Å². The molecule has 0 spiro atoms. The Kier molecular flexibility index (Phi) is 2.63. The molecule has 0 saturated carbocycles. The van der Waals surface area contributed by atoms with Gasteiger partial charge < -0.3 is 5.32 Å². The fourth-order valence-corrected chi connectivity index (χ4v) is 3.35. The molecule has 2 heterocycles. The highest BCUT2D eigenvalue weighted by atomic mass is 15.3. The first kappa shape index (κ1) is 11.4. The van der Waals surface area contributed by atoms with Crippen LogP contribution in [0.5, 0.6) is 0 Å². The lowest BCUT2D eigenvalue weighted by Crippen LogP contribution is -2.47. The van der Waals surface area contributed by atoms with E-state index in [-0.39, 0.29) is 0 Å². The summed E-state index contributed by atoms with van der Waals surface area (Å²) in [5.74, 6) is 1.75. The van der Waals surface area contributed by atoms with Crippen molar-refractivity contribution >= 4 is 0 Å². The summed E-state index contributed by atoms with van der Waals surface area (Å²) in [6.45, 7) is 16.9. The van der Waals surface area contributed by atoms with Gasteiger partial charge in [0.15, 0.2) is 0 Å². The summed E-state index contributed by atoms with van der Waals surface area (Å²) in [5, 5.41) is 3.54. The Morgan fingerprint density at radius 1 is 1.27 bits per heavy atom. The molecule has 1 N–H and O–H groups in total. The predicted molar refractivity (Wildman–Crippen MR) is 65.0 cm³/mol. The lowest BCUT2D eigenvalue weighted by atomic mass is 9.84. The molecule has 2 saturated heterocycles. The second-order valence-corrected chi connectivity index (χ2v) is 7.12. The second kappa shape index (κ2) is 3.46. The molecule has 0 aromatic rings. The molecule has 0 aromatic heterocycles. The number of nitrogens with one attached hydrogen (secondary N) is 1. The minimum atomic E-state index is 0.390. The fourth-order valence-electron chi connectivity index (χ4n) is 3.35. The highest BCUT2D eigenvalue weighted by Crippen LogP contribution is 2.41. The van der Waals surface area contributed by atoms with Gasteiger partial charge in [0.1, 0.15) is 0 Å². The maximum absolute atomic E-state index is 3.54. The van der Waals surface area contributed by atoms with Crippen LogP contribution in [0.2, 0.25) is 0 Å². The van der Waals surface area contributed by atoms with Gasteiger partial charge in [0, 0.05) is 25.2 Å². The zero-order valence-corrected chi connectivity index (χ0v) is 10.9. The van der Waals surface area contributed by atoms with Gasteiger partial charge in [0.05, 0.1) is 0 Å². The Bertz CT molecular complexity index is 239. The molecule has 88 valence electrons. The van der Waals surface area contributed by atoms with Crippen molar-refractivity contribution in [3.63, 3.8) is 0 Å². The molecule has 15 heavy (non-hydrogen) atoms. The average Bonchev–Trinajstić information content (AvgIpc) is 2.55. The first-order chi connectivity index (χ1) is 6.81. The Hall–Kier alpha value is -0.0800. The van der Waals surface area contributed by atoms with Crippen LogP contribution in [-0.2, 0) is 0 Å². The van der Waals surface area contributed by atoms with Crippen molar-refractivity contribution in [1.82, 2.24) is 10.2 Å². The largest absolute Gasteiger partial charge is 0.316 e. The van der Waals surface area contributed by atoms with Crippen molar-refractivity contribution in [3.8, 4) is 0 Å². The van der Waals surface area contributed by atoms with Crippen LogP contribution in [0.1, 0.15) is 34.6 Å². The molecule has 2 unspecified atom stereocenters. The average molecular weight is 210 g/mol. The van der Waals surface area contributed by atoms with Crippen LogP contribution in [0.25, 0.3) is 0 Å². The Morgan fingerprint density at radius 2 is 1.93 bits per heavy atom. The Morgan fingerprint density at radius 3 is 2.47 bits per heavy atom. The standard InChI is InChI=1S/C13H26N2/c1-12(2,3)9-15-8-10-6-14-7-11(10)13(15,4)5/h10-11,14H,6-9H2,1-5H3. The Balaban J connectivity index is 2.09. The number of fused-ring (bicyclic) bond motifs is 1. The number of hydrogen-bond donors (Lipinski definition) is 1. The highest BCUT2D eigenvalue weighted by Gasteiger charge is 2.49. The predicted octanol–water partition coefficient (Wildman–Crippen LogP) is 1.96. The van der Waals surface area contributed by atoms with Gasteiger partial charge in [-0.3, -0.25) is 4.90 Å². The lowest BCUT2D eigenvalue weighted by molar-refractivity contribution is 0.0977. The first-order valence-electron chi connectivity index (χ1n) is 6.26. The molecular weight excluding hydrogens is 184 g/mol. The van der Waals surface area contributed by atoms with Crippen LogP contribution in [0.4, 0.5) is 0 Å². The maximum atomic E-state index is 3.54. The third-order valence-electron chi connectivity index (χ3n) is 4.18. The van der Waals surface area contributed by atoms with Crippen LogP contribution in [0, 0.1) is 17.3 Å². The second-order valence-electron chi connectivity index (χ2n) is 7.12. The van der Waals surface area contributed by atoms with Crippen LogP contribution in [0.15, 0.2) is 0 Å². The number of likely N-dealkylation sites (tertiary alicyclic amines) is 1. The van der Waals surface area contributed by atoms with Gasteiger partial charge in [-0.2, -0.15) is 0 Å². The third kappa shape index (κ3) is 2.07. The minimum absolute atomic E-state index is 0.390. The van der Waals surface area contributed by atoms with Crippen molar-refractivity contribution < 1.29 is 0 Å². The topological polar surface area (TPSA) is 15.3 Å². The molecule has 2 heteroatoms. The zero-order chi connectivity index (χ0) is 11.3. The number of hydrogen-bond acceptors (Lipinski definition) is 2. The van der Waals surface area contributed by atoms with E-state index in [4.69, 9.17) is 0 Å².